The Bertz CT molecular complexity index is 625. The molecule has 0 spiro atoms. The SMILES string of the molecule is Cc1cc(NC(=O)[C@@H](C)Nc2ccc(Br)c(C)c2)on1. The summed E-state index contributed by atoms with van der Waals surface area (Å²) in [5, 5.41) is 9.53. The molecule has 106 valence electrons. The lowest BCUT2D eigenvalue weighted by Crippen LogP contribution is -2.31. The number of anilines is 2. The summed E-state index contributed by atoms with van der Waals surface area (Å²) in [5.74, 6) is 0.176. The smallest absolute Gasteiger partial charge is 0.248 e. The third-order valence-electron chi connectivity index (χ3n) is 2.81. The first kappa shape index (κ1) is 14.6. The Morgan fingerprint density at radius 2 is 2.10 bits per heavy atom. The van der Waals surface area contributed by atoms with Crippen LogP contribution in [0.1, 0.15) is 18.2 Å². The van der Waals surface area contributed by atoms with Gasteiger partial charge in [-0.3, -0.25) is 10.1 Å². The minimum Gasteiger partial charge on any atom is -0.374 e. The molecule has 0 unspecified atom stereocenters. The number of aromatic nitrogens is 1. The van der Waals surface area contributed by atoms with Crippen molar-refractivity contribution < 1.29 is 9.32 Å². The molecular formula is C14H16BrN3O2. The highest BCUT2D eigenvalue weighted by atomic mass is 79.9. The number of hydrogen-bond acceptors (Lipinski definition) is 4. The predicted molar refractivity (Wildman–Crippen MR) is 81.8 cm³/mol. The number of amides is 1. The second-order valence-electron chi connectivity index (χ2n) is 4.65. The van der Waals surface area contributed by atoms with E-state index >= 15 is 0 Å². The van der Waals surface area contributed by atoms with Crippen molar-refractivity contribution in [1.29, 1.82) is 0 Å². The van der Waals surface area contributed by atoms with Gasteiger partial charge < -0.3 is 9.84 Å². The topological polar surface area (TPSA) is 67.2 Å². The Kier molecular flexibility index (Phi) is 4.44. The summed E-state index contributed by atoms with van der Waals surface area (Å²) in [6.07, 6.45) is 0. The predicted octanol–water partition coefficient (Wildman–Crippen LogP) is 3.49. The van der Waals surface area contributed by atoms with Crippen molar-refractivity contribution in [3.05, 3.63) is 40.0 Å². The number of benzene rings is 1. The molecule has 20 heavy (non-hydrogen) atoms. The summed E-state index contributed by atoms with van der Waals surface area (Å²) in [4.78, 5) is 12.0. The second-order valence-corrected chi connectivity index (χ2v) is 5.51. The van der Waals surface area contributed by atoms with E-state index in [9.17, 15) is 4.79 Å². The molecule has 2 N–H and O–H groups in total. The molecule has 0 radical (unpaired) electrons. The molecule has 6 heteroatoms. The fraction of sp³-hybridized carbons (Fsp3) is 0.286. The summed E-state index contributed by atoms with van der Waals surface area (Å²) < 4.78 is 5.99. The standard InChI is InChI=1S/C14H16BrN3O2/c1-8-6-11(4-5-12(8)15)16-10(3)14(19)17-13-7-9(2)18-20-13/h4-7,10,16H,1-3H3,(H,17,19)/t10-/m1/s1. The maximum Gasteiger partial charge on any atom is 0.248 e. The van der Waals surface area contributed by atoms with Gasteiger partial charge in [0, 0.05) is 16.2 Å². The first-order valence-corrected chi connectivity index (χ1v) is 7.02. The monoisotopic (exact) mass is 337 g/mol. The van der Waals surface area contributed by atoms with Crippen LogP contribution in [0.25, 0.3) is 0 Å². The second kappa shape index (κ2) is 6.09. The quantitative estimate of drug-likeness (QED) is 0.895. The Labute approximate surface area is 125 Å². The van der Waals surface area contributed by atoms with Gasteiger partial charge in [-0.25, -0.2) is 0 Å². The van der Waals surface area contributed by atoms with Gasteiger partial charge in [-0.2, -0.15) is 0 Å². The van der Waals surface area contributed by atoms with Crippen LogP contribution in [0.3, 0.4) is 0 Å². The fourth-order valence-corrected chi connectivity index (χ4v) is 1.95. The van der Waals surface area contributed by atoms with Crippen LogP contribution in [0.4, 0.5) is 11.6 Å². The van der Waals surface area contributed by atoms with Crippen LogP contribution in [0.15, 0.2) is 33.3 Å². The molecule has 0 fully saturated rings. The van der Waals surface area contributed by atoms with Gasteiger partial charge in [-0.1, -0.05) is 21.1 Å². The van der Waals surface area contributed by atoms with Crippen molar-refractivity contribution in [2.75, 3.05) is 10.6 Å². The zero-order chi connectivity index (χ0) is 14.7. The van der Waals surface area contributed by atoms with Crippen molar-refractivity contribution >= 4 is 33.4 Å². The lowest BCUT2D eigenvalue weighted by atomic mass is 10.2. The van der Waals surface area contributed by atoms with Crippen molar-refractivity contribution in [3.63, 3.8) is 0 Å². The molecule has 2 aromatic rings. The lowest BCUT2D eigenvalue weighted by Gasteiger charge is -2.14. The molecule has 0 aliphatic heterocycles. The number of carbonyl (C=O) groups excluding carboxylic acids is 1. The average Bonchev–Trinajstić information content (AvgIpc) is 2.79. The highest BCUT2D eigenvalue weighted by Gasteiger charge is 2.15. The van der Waals surface area contributed by atoms with Crippen LogP contribution in [0.5, 0.6) is 0 Å². The molecule has 1 aromatic heterocycles. The van der Waals surface area contributed by atoms with Crippen molar-refractivity contribution in [2.24, 2.45) is 0 Å². The number of nitrogens with one attached hydrogen (secondary N) is 2. The van der Waals surface area contributed by atoms with Gasteiger partial charge in [0.25, 0.3) is 0 Å². The maximum absolute atomic E-state index is 12.0. The van der Waals surface area contributed by atoms with Crippen molar-refractivity contribution in [1.82, 2.24) is 5.16 Å². The Balaban J connectivity index is 1.98. The summed E-state index contributed by atoms with van der Waals surface area (Å²) in [6.45, 7) is 5.58. The van der Waals surface area contributed by atoms with Crippen molar-refractivity contribution in [3.8, 4) is 0 Å². The number of aryl methyl sites for hydroxylation is 2. The van der Waals surface area contributed by atoms with E-state index in [0.717, 1.165) is 21.4 Å². The summed E-state index contributed by atoms with van der Waals surface area (Å²) in [5.41, 5.74) is 2.72. The molecule has 0 aliphatic carbocycles. The molecule has 0 saturated carbocycles. The van der Waals surface area contributed by atoms with Gasteiger partial charge in [0.1, 0.15) is 6.04 Å². The number of rotatable bonds is 4. The largest absolute Gasteiger partial charge is 0.374 e. The van der Waals surface area contributed by atoms with Gasteiger partial charge in [0.05, 0.1) is 5.69 Å². The minimum absolute atomic E-state index is 0.179. The molecular weight excluding hydrogens is 322 g/mol. The summed E-state index contributed by atoms with van der Waals surface area (Å²) >= 11 is 3.44. The van der Waals surface area contributed by atoms with Crippen LogP contribution in [0.2, 0.25) is 0 Å². The van der Waals surface area contributed by atoms with Crippen LogP contribution in [0, 0.1) is 13.8 Å². The molecule has 2 rings (SSSR count). The van der Waals surface area contributed by atoms with E-state index < -0.39 is 0 Å². The molecule has 1 aromatic carbocycles. The molecule has 0 bridgehead atoms. The van der Waals surface area contributed by atoms with Gasteiger partial charge in [-0.05, 0) is 44.5 Å². The Morgan fingerprint density at radius 1 is 1.35 bits per heavy atom. The van der Waals surface area contributed by atoms with E-state index in [0.29, 0.717) is 5.88 Å². The minimum atomic E-state index is -0.388. The summed E-state index contributed by atoms with van der Waals surface area (Å²) in [6, 6.07) is 7.13. The first-order valence-electron chi connectivity index (χ1n) is 6.22. The zero-order valence-electron chi connectivity index (χ0n) is 11.5. The van der Waals surface area contributed by atoms with E-state index in [1.165, 1.54) is 0 Å². The normalized spacial score (nSPS) is 12.0. The van der Waals surface area contributed by atoms with Crippen molar-refractivity contribution in [2.45, 2.75) is 26.8 Å². The molecule has 1 heterocycles. The fourth-order valence-electron chi connectivity index (χ4n) is 1.70. The van der Waals surface area contributed by atoms with Crippen LogP contribution < -0.4 is 10.6 Å². The van der Waals surface area contributed by atoms with Crippen LogP contribution in [-0.2, 0) is 4.79 Å². The number of halogens is 1. The van der Waals surface area contributed by atoms with Gasteiger partial charge in [-0.15, -0.1) is 0 Å². The molecule has 1 atom stereocenters. The van der Waals surface area contributed by atoms with E-state index in [-0.39, 0.29) is 11.9 Å². The zero-order valence-corrected chi connectivity index (χ0v) is 13.1. The number of carbonyl (C=O) groups is 1. The van der Waals surface area contributed by atoms with E-state index in [4.69, 9.17) is 4.52 Å². The van der Waals surface area contributed by atoms with Gasteiger partial charge in [0.15, 0.2) is 0 Å². The third kappa shape index (κ3) is 3.60. The van der Waals surface area contributed by atoms with E-state index in [2.05, 4.69) is 31.7 Å². The Morgan fingerprint density at radius 3 is 2.70 bits per heavy atom. The average molecular weight is 338 g/mol. The molecule has 5 nitrogen and oxygen atoms in total. The molecule has 0 aliphatic rings. The van der Waals surface area contributed by atoms with Gasteiger partial charge >= 0.3 is 0 Å². The van der Waals surface area contributed by atoms with E-state index in [1.54, 1.807) is 19.9 Å². The highest BCUT2D eigenvalue weighted by molar-refractivity contribution is 9.10. The third-order valence-corrected chi connectivity index (χ3v) is 3.70. The molecule has 0 saturated heterocycles. The summed E-state index contributed by atoms with van der Waals surface area (Å²) in [7, 11) is 0. The number of hydrogen-bond donors (Lipinski definition) is 2. The van der Waals surface area contributed by atoms with E-state index in [1.807, 2.05) is 25.1 Å². The maximum atomic E-state index is 12.0. The van der Waals surface area contributed by atoms with Crippen LogP contribution in [-0.4, -0.2) is 17.1 Å². The molecule has 1 amide bonds. The number of nitrogens with zero attached hydrogens (tertiary/aromatic N) is 1. The van der Waals surface area contributed by atoms with Gasteiger partial charge in [0.2, 0.25) is 11.8 Å². The lowest BCUT2D eigenvalue weighted by molar-refractivity contribution is -0.116. The van der Waals surface area contributed by atoms with Crippen LogP contribution >= 0.6 is 15.9 Å². The Hall–Kier alpha value is -1.82. The highest BCUT2D eigenvalue weighted by Crippen LogP contribution is 2.20. The first-order chi connectivity index (χ1) is 9.45.